The number of anilines is 1. The zero-order chi connectivity index (χ0) is 20.8. The molecule has 3 aromatic carbocycles. The van der Waals surface area contributed by atoms with Crippen molar-refractivity contribution in [2.45, 2.75) is 20.1 Å². The van der Waals surface area contributed by atoms with Crippen molar-refractivity contribution in [2.75, 3.05) is 11.9 Å². The Morgan fingerprint density at radius 2 is 1.69 bits per heavy atom. The molecule has 0 aliphatic heterocycles. The van der Waals surface area contributed by atoms with E-state index < -0.39 is 0 Å². The zero-order valence-electron chi connectivity index (χ0n) is 15.6. The molecule has 0 unspecified atom stereocenters. The summed E-state index contributed by atoms with van der Waals surface area (Å²) in [5, 5.41) is 5.16. The van der Waals surface area contributed by atoms with Gasteiger partial charge in [0.05, 0.1) is 21.8 Å². The van der Waals surface area contributed by atoms with Crippen molar-refractivity contribution < 1.29 is 9.47 Å². The maximum absolute atomic E-state index is 6.23. The molecule has 0 aromatic heterocycles. The molecule has 1 N–H and O–H groups in total. The highest BCUT2D eigenvalue weighted by molar-refractivity contribution is 9.10. The van der Waals surface area contributed by atoms with Gasteiger partial charge in [0.25, 0.3) is 0 Å². The van der Waals surface area contributed by atoms with E-state index in [1.807, 2.05) is 49.4 Å². The van der Waals surface area contributed by atoms with Gasteiger partial charge in [-0.05, 0) is 76.4 Å². The first-order valence-corrected chi connectivity index (χ1v) is 10.9. The van der Waals surface area contributed by atoms with Gasteiger partial charge in [0.15, 0.2) is 11.5 Å². The molecule has 0 spiro atoms. The van der Waals surface area contributed by atoms with E-state index in [4.69, 9.17) is 44.3 Å². The first-order chi connectivity index (χ1) is 14.0. The molecule has 152 valence electrons. The Morgan fingerprint density at radius 3 is 2.41 bits per heavy atom. The third-order valence-electron chi connectivity index (χ3n) is 4.06. The van der Waals surface area contributed by atoms with E-state index in [2.05, 4.69) is 21.2 Å². The molecule has 0 bridgehead atoms. The molecule has 3 aromatic rings. The number of nitrogens with one attached hydrogen (secondary N) is 1. The number of ether oxygens (including phenoxy) is 2. The summed E-state index contributed by atoms with van der Waals surface area (Å²) in [4.78, 5) is 0. The number of benzene rings is 3. The fourth-order valence-electron chi connectivity index (χ4n) is 2.74. The van der Waals surface area contributed by atoms with Crippen LogP contribution in [0.15, 0.2) is 59.1 Å². The minimum absolute atomic E-state index is 0.386. The van der Waals surface area contributed by atoms with Gasteiger partial charge in [0.1, 0.15) is 6.61 Å². The van der Waals surface area contributed by atoms with E-state index in [0.717, 1.165) is 21.3 Å². The second kappa shape index (κ2) is 10.4. The molecule has 0 heterocycles. The molecule has 7 heteroatoms. The topological polar surface area (TPSA) is 30.5 Å². The minimum atomic E-state index is 0.386. The monoisotopic (exact) mass is 513 g/mol. The first-order valence-electron chi connectivity index (χ1n) is 8.97. The Labute approximate surface area is 194 Å². The molecule has 0 atom stereocenters. The predicted molar refractivity (Wildman–Crippen MR) is 125 cm³/mol. The van der Waals surface area contributed by atoms with Crippen LogP contribution in [0.3, 0.4) is 0 Å². The van der Waals surface area contributed by atoms with Crippen molar-refractivity contribution in [1.82, 2.24) is 0 Å². The van der Waals surface area contributed by atoms with Crippen molar-refractivity contribution in [3.8, 4) is 11.5 Å². The van der Waals surface area contributed by atoms with Gasteiger partial charge in [-0.3, -0.25) is 0 Å². The number of hydrogen-bond acceptors (Lipinski definition) is 3. The van der Waals surface area contributed by atoms with Crippen LogP contribution in [0.1, 0.15) is 18.1 Å². The van der Waals surface area contributed by atoms with Crippen LogP contribution >= 0.6 is 50.7 Å². The molecule has 0 amide bonds. The maximum atomic E-state index is 6.23. The zero-order valence-corrected chi connectivity index (χ0v) is 19.5. The van der Waals surface area contributed by atoms with Crippen LogP contribution in [0.25, 0.3) is 0 Å². The van der Waals surface area contributed by atoms with Gasteiger partial charge >= 0.3 is 0 Å². The molecular weight excluding hydrogens is 497 g/mol. The molecular formula is C22H19BrCl3NO2. The predicted octanol–water partition coefficient (Wildman–Crippen LogP) is 8.00. The second-order valence-corrected chi connectivity index (χ2v) is 8.37. The number of halogens is 4. The summed E-state index contributed by atoms with van der Waals surface area (Å²) in [5.41, 5.74) is 2.81. The minimum Gasteiger partial charge on any atom is -0.490 e. The Kier molecular flexibility index (Phi) is 7.96. The molecule has 0 saturated heterocycles. The third kappa shape index (κ3) is 6.19. The van der Waals surface area contributed by atoms with Crippen molar-refractivity contribution in [3.05, 3.63) is 85.3 Å². The second-order valence-electron chi connectivity index (χ2n) is 6.23. The van der Waals surface area contributed by atoms with Gasteiger partial charge in [0.2, 0.25) is 0 Å². The summed E-state index contributed by atoms with van der Waals surface area (Å²) in [5.74, 6) is 1.32. The van der Waals surface area contributed by atoms with E-state index in [1.165, 1.54) is 0 Å². The van der Waals surface area contributed by atoms with Crippen LogP contribution < -0.4 is 14.8 Å². The Bertz CT molecular complexity index is 998. The van der Waals surface area contributed by atoms with Crippen LogP contribution in [0.4, 0.5) is 5.69 Å². The van der Waals surface area contributed by atoms with Gasteiger partial charge in [-0.1, -0.05) is 46.9 Å². The normalized spacial score (nSPS) is 10.7. The molecule has 3 rings (SSSR count). The van der Waals surface area contributed by atoms with Crippen LogP contribution in [-0.2, 0) is 13.2 Å². The smallest absolute Gasteiger partial charge is 0.175 e. The van der Waals surface area contributed by atoms with Crippen molar-refractivity contribution in [1.29, 1.82) is 0 Å². The maximum Gasteiger partial charge on any atom is 0.175 e. The van der Waals surface area contributed by atoms with Crippen LogP contribution in [0, 0.1) is 0 Å². The van der Waals surface area contributed by atoms with E-state index in [1.54, 1.807) is 12.1 Å². The summed E-state index contributed by atoms with van der Waals surface area (Å²) in [6, 6.07) is 16.9. The van der Waals surface area contributed by atoms with Gasteiger partial charge in [-0.25, -0.2) is 0 Å². The molecule has 0 fully saturated rings. The lowest BCUT2D eigenvalue weighted by molar-refractivity contribution is 0.267. The molecule has 3 nitrogen and oxygen atoms in total. The fourth-order valence-corrected chi connectivity index (χ4v) is 4.03. The fraction of sp³-hybridized carbons (Fsp3) is 0.182. The first kappa shape index (κ1) is 22.1. The van der Waals surface area contributed by atoms with Crippen molar-refractivity contribution in [2.24, 2.45) is 0 Å². The summed E-state index contributed by atoms with van der Waals surface area (Å²) >= 11 is 21.8. The van der Waals surface area contributed by atoms with E-state index >= 15 is 0 Å². The SMILES string of the molecule is CCOc1cc(CNc2ccc(Cl)cc2Cl)cc(Br)c1OCc1cccc(Cl)c1. The molecule has 0 saturated carbocycles. The molecule has 0 aliphatic rings. The highest BCUT2D eigenvalue weighted by Crippen LogP contribution is 2.38. The lowest BCUT2D eigenvalue weighted by Crippen LogP contribution is -2.04. The van der Waals surface area contributed by atoms with Gasteiger partial charge in [-0.15, -0.1) is 0 Å². The Balaban J connectivity index is 1.76. The average molecular weight is 516 g/mol. The van der Waals surface area contributed by atoms with Crippen molar-refractivity contribution >= 4 is 56.4 Å². The molecule has 29 heavy (non-hydrogen) atoms. The molecule has 0 radical (unpaired) electrons. The van der Waals surface area contributed by atoms with Crippen LogP contribution in [-0.4, -0.2) is 6.61 Å². The van der Waals surface area contributed by atoms with E-state index in [0.29, 0.717) is 46.3 Å². The Morgan fingerprint density at radius 1 is 0.897 bits per heavy atom. The number of hydrogen-bond donors (Lipinski definition) is 1. The van der Waals surface area contributed by atoms with Crippen LogP contribution in [0.5, 0.6) is 11.5 Å². The average Bonchev–Trinajstić information content (AvgIpc) is 2.67. The van der Waals surface area contributed by atoms with Gasteiger partial charge in [0, 0.05) is 16.6 Å². The van der Waals surface area contributed by atoms with Crippen LogP contribution in [0.2, 0.25) is 15.1 Å². The van der Waals surface area contributed by atoms with Gasteiger partial charge in [-0.2, -0.15) is 0 Å². The standard InChI is InChI=1S/C22H19BrCl3NO2/c1-2-28-21-10-15(12-27-20-7-6-17(25)11-19(20)26)9-18(23)22(21)29-13-14-4-3-5-16(24)8-14/h3-11,27H,2,12-13H2,1H3. The number of rotatable bonds is 8. The summed E-state index contributed by atoms with van der Waals surface area (Å²) in [6.07, 6.45) is 0. The van der Waals surface area contributed by atoms with E-state index in [-0.39, 0.29) is 0 Å². The lowest BCUT2D eigenvalue weighted by atomic mass is 10.2. The molecule has 0 aliphatic carbocycles. The third-order valence-corrected chi connectivity index (χ3v) is 5.43. The van der Waals surface area contributed by atoms with Gasteiger partial charge < -0.3 is 14.8 Å². The summed E-state index contributed by atoms with van der Waals surface area (Å²) < 4.78 is 12.6. The highest BCUT2D eigenvalue weighted by atomic mass is 79.9. The summed E-state index contributed by atoms with van der Waals surface area (Å²) in [7, 11) is 0. The summed E-state index contributed by atoms with van der Waals surface area (Å²) in [6.45, 7) is 3.42. The largest absolute Gasteiger partial charge is 0.490 e. The quantitative estimate of drug-likeness (QED) is 0.330. The highest BCUT2D eigenvalue weighted by Gasteiger charge is 2.13. The van der Waals surface area contributed by atoms with Crippen molar-refractivity contribution in [3.63, 3.8) is 0 Å². The lowest BCUT2D eigenvalue weighted by Gasteiger charge is -2.16. The Hall–Kier alpha value is -1.59. The van der Waals surface area contributed by atoms with E-state index in [9.17, 15) is 0 Å².